The fourth-order valence-corrected chi connectivity index (χ4v) is 2.55. The van der Waals surface area contributed by atoms with E-state index in [9.17, 15) is 0 Å². The van der Waals surface area contributed by atoms with E-state index in [0.29, 0.717) is 11.8 Å². The molecule has 0 aliphatic carbocycles. The Bertz CT molecular complexity index is 584. The Morgan fingerprint density at radius 3 is 2.52 bits per heavy atom. The molecular weight excluding hydrogens is 262 g/mol. The van der Waals surface area contributed by atoms with Crippen LogP contribution in [0.25, 0.3) is 11.0 Å². The quantitative estimate of drug-likeness (QED) is 0.821. The standard InChI is InChI=1S/C18H27NO2/c1-12(2)8-15-16-9-14(20-5)6-7-17(16)21-18(15)11-19-10-13(3)4/h6-7,9,12-13,19H,8,10-11H2,1-5H3. The van der Waals surface area contributed by atoms with Gasteiger partial charge in [-0.25, -0.2) is 0 Å². The zero-order chi connectivity index (χ0) is 15.4. The second kappa shape index (κ2) is 6.99. The topological polar surface area (TPSA) is 34.4 Å². The highest BCUT2D eigenvalue weighted by Gasteiger charge is 2.16. The third-order valence-electron chi connectivity index (χ3n) is 3.53. The number of methoxy groups -OCH3 is 1. The lowest BCUT2D eigenvalue weighted by Gasteiger charge is -2.09. The predicted octanol–water partition coefficient (Wildman–Crippen LogP) is 4.39. The number of furan rings is 1. The maximum absolute atomic E-state index is 6.06. The second-order valence-corrected chi connectivity index (χ2v) is 6.49. The van der Waals surface area contributed by atoms with Gasteiger partial charge in [0.05, 0.1) is 13.7 Å². The van der Waals surface area contributed by atoms with Crippen LogP contribution in [0.3, 0.4) is 0 Å². The molecule has 2 aromatic rings. The van der Waals surface area contributed by atoms with Crippen LogP contribution in [0.5, 0.6) is 5.75 Å². The van der Waals surface area contributed by atoms with Crippen LogP contribution in [0, 0.1) is 11.8 Å². The first kappa shape index (κ1) is 15.9. The molecule has 1 heterocycles. The first-order chi connectivity index (χ1) is 10.0. The van der Waals surface area contributed by atoms with E-state index < -0.39 is 0 Å². The highest BCUT2D eigenvalue weighted by atomic mass is 16.5. The molecule has 0 spiro atoms. The first-order valence-electron chi connectivity index (χ1n) is 7.80. The zero-order valence-electron chi connectivity index (χ0n) is 13.8. The van der Waals surface area contributed by atoms with Crippen molar-refractivity contribution in [2.75, 3.05) is 13.7 Å². The van der Waals surface area contributed by atoms with Crippen LogP contribution < -0.4 is 10.1 Å². The molecular formula is C18H27NO2. The molecule has 3 nitrogen and oxygen atoms in total. The van der Waals surface area contributed by atoms with E-state index in [1.54, 1.807) is 7.11 Å². The molecule has 2 rings (SSSR count). The fraction of sp³-hybridized carbons (Fsp3) is 0.556. The third-order valence-corrected chi connectivity index (χ3v) is 3.53. The molecule has 0 bridgehead atoms. The van der Waals surface area contributed by atoms with Gasteiger partial charge in [0.25, 0.3) is 0 Å². The molecule has 1 aromatic carbocycles. The van der Waals surface area contributed by atoms with Crippen molar-refractivity contribution in [2.24, 2.45) is 11.8 Å². The number of nitrogens with one attached hydrogen (secondary N) is 1. The highest BCUT2D eigenvalue weighted by molar-refractivity contribution is 5.83. The number of rotatable bonds is 7. The Labute approximate surface area is 127 Å². The molecule has 116 valence electrons. The number of benzene rings is 1. The summed E-state index contributed by atoms with van der Waals surface area (Å²) in [4.78, 5) is 0. The summed E-state index contributed by atoms with van der Waals surface area (Å²) in [6.45, 7) is 10.7. The summed E-state index contributed by atoms with van der Waals surface area (Å²) < 4.78 is 11.4. The normalized spacial score (nSPS) is 11.8. The monoisotopic (exact) mass is 289 g/mol. The van der Waals surface area contributed by atoms with E-state index in [4.69, 9.17) is 9.15 Å². The van der Waals surface area contributed by atoms with Crippen molar-refractivity contribution in [1.29, 1.82) is 0 Å². The van der Waals surface area contributed by atoms with Gasteiger partial charge in [0, 0.05) is 10.9 Å². The largest absolute Gasteiger partial charge is 0.497 e. The number of hydrogen-bond donors (Lipinski definition) is 1. The van der Waals surface area contributed by atoms with Crippen molar-refractivity contribution in [2.45, 2.75) is 40.7 Å². The Balaban J connectivity index is 2.33. The Morgan fingerprint density at radius 2 is 1.90 bits per heavy atom. The Kier molecular flexibility index (Phi) is 5.29. The van der Waals surface area contributed by atoms with Gasteiger partial charge in [-0.15, -0.1) is 0 Å². The molecule has 1 N–H and O–H groups in total. The van der Waals surface area contributed by atoms with Crippen LogP contribution in [-0.4, -0.2) is 13.7 Å². The van der Waals surface area contributed by atoms with Crippen LogP contribution >= 0.6 is 0 Å². The predicted molar refractivity (Wildman–Crippen MR) is 87.9 cm³/mol. The van der Waals surface area contributed by atoms with Crippen molar-refractivity contribution >= 4 is 11.0 Å². The van der Waals surface area contributed by atoms with Crippen molar-refractivity contribution in [3.63, 3.8) is 0 Å². The van der Waals surface area contributed by atoms with Gasteiger partial charge in [0.2, 0.25) is 0 Å². The van der Waals surface area contributed by atoms with Crippen LogP contribution in [0.15, 0.2) is 22.6 Å². The average Bonchev–Trinajstić information content (AvgIpc) is 2.75. The van der Waals surface area contributed by atoms with E-state index in [1.165, 1.54) is 10.9 Å². The fourth-order valence-electron chi connectivity index (χ4n) is 2.55. The molecule has 0 aliphatic rings. The minimum absolute atomic E-state index is 0.598. The second-order valence-electron chi connectivity index (χ2n) is 6.49. The highest BCUT2D eigenvalue weighted by Crippen LogP contribution is 2.31. The molecule has 0 amide bonds. The van der Waals surface area contributed by atoms with Gasteiger partial charge in [0.1, 0.15) is 17.1 Å². The van der Waals surface area contributed by atoms with Crippen molar-refractivity contribution in [3.8, 4) is 5.75 Å². The van der Waals surface area contributed by atoms with E-state index >= 15 is 0 Å². The summed E-state index contributed by atoms with van der Waals surface area (Å²) in [7, 11) is 1.70. The lowest BCUT2D eigenvalue weighted by Crippen LogP contribution is -2.19. The molecule has 0 aliphatic heterocycles. The minimum Gasteiger partial charge on any atom is -0.497 e. The molecule has 0 fully saturated rings. The van der Waals surface area contributed by atoms with Crippen molar-refractivity contribution in [3.05, 3.63) is 29.5 Å². The summed E-state index contributed by atoms with van der Waals surface area (Å²) in [5.74, 6) is 3.19. The summed E-state index contributed by atoms with van der Waals surface area (Å²) in [5.41, 5.74) is 2.27. The first-order valence-corrected chi connectivity index (χ1v) is 7.80. The molecule has 0 radical (unpaired) electrons. The SMILES string of the molecule is COc1ccc2oc(CNCC(C)C)c(CC(C)C)c2c1. The zero-order valence-corrected chi connectivity index (χ0v) is 13.8. The number of hydrogen-bond acceptors (Lipinski definition) is 3. The molecule has 3 heteroatoms. The van der Waals surface area contributed by atoms with Gasteiger partial charge in [0.15, 0.2) is 0 Å². The third kappa shape index (κ3) is 4.01. The molecule has 0 saturated carbocycles. The molecule has 21 heavy (non-hydrogen) atoms. The maximum Gasteiger partial charge on any atom is 0.134 e. The summed E-state index contributed by atoms with van der Waals surface area (Å²) in [6, 6.07) is 6.04. The molecule has 0 atom stereocenters. The molecule has 0 saturated heterocycles. The van der Waals surface area contributed by atoms with E-state index in [1.807, 2.05) is 12.1 Å². The minimum atomic E-state index is 0.598. The van der Waals surface area contributed by atoms with E-state index in [2.05, 4.69) is 39.1 Å². The van der Waals surface area contributed by atoms with Gasteiger partial charge in [-0.2, -0.15) is 0 Å². The van der Waals surface area contributed by atoms with Crippen LogP contribution in [0.2, 0.25) is 0 Å². The molecule has 0 unspecified atom stereocenters. The number of ether oxygens (including phenoxy) is 1. The van der Waals surface area contributed by atoms with E-state index in [-0.39, 0.29) is 0 Å². The van der Waals surface area contributed by atoms with Crippen LogP contribution in [-0.2, 0) is 13.0 Å². The van der Waals surface area contributed by atoms with Gasteiger partial charge in [-0.3, -0.25) is 0 Å². The Morgan fingerprint density at radius 1 is 1.14 bits per heavy atom. The maximum atomic E-state index is 6.06. The van der Waals surface area contributed by atoms with E-state index in [0.717, 1.165) is 36.6 Å². The average molecular weight is 289 g/mol. The van der Waals surface area contributed by atoms with Crippen molar-refractivity contribution < 1.29 is 9.15 Å². The van der Waals surface area contributed by atoms with Gasteiger partial charge < -0.3 is 14.5 Å². The summed E-state index contributed by atoms with van der Waals surface area (Å²) >= 11 is 0. The van der Waals surface area contributed by atoms with Crippen molar-refractivity contribution in [1.82, 2.24) is 5.32 Å². The van der Waals surface area contributed by atoms with Crippen LogP contribution in [0.4, 0.5) is 0 Å². The van der Waals surface area contributed by atoms with Crippen LogP contribution in [0.1, 0.15) is 39.0 Å². The molecule has 1 aromatic heterocycles. The Hall–Kier alpha value is -1.48. The van der Waals surface area contributed by atoms with Gasteiger partial charge in [-0.1, -0.05) is 27.7 Å². The lowest BCUT2D eigenvalue weighted by molar-refractivity contribution is 0.415. The summed E-state index contributed by atoms with van der Waals surface area (Å²) in [6.07, 6.45) is 1.03. The number of fused-ring (bicyclic) bond motifs is 1. The van der Waals surface area contributed by atoms with Gasteiger partial charge >= 0.3 is 0 Å². The summed E-state index contributed by atoms with van der Waals surface area (Å²) in [5, 5.41) is 4.66. The van der Waals surface area contributed by atoms with Gasteiger partial charge in [-0.05, 0) is 43.0 Å². The lowest BCUT2D eigenvalue weighted by atomic mass is 9.99. The smallest absolute Gasteiger partial charge is 0.134 e.